The molecule has 1 N–H and O–H groups in total. The maximum Gasteiger partial charge on any atom is 0.0931 e. The van der Waals surface area contributed by atoms with Crippen molar-refractivity contribution in [2.45, 2.75) is 31.2 Å². The number of halogens is 2. The largest absolute Gasteiger partial charge is 0.314 e. The monoisotopic (exact) mass is 325 g/mol. The van der Waals surface area contributed by atoms with Crippen LogP contribution in [0.4, 0.5) is 0 Å². The topological polar surface area (TPSA) is 12.0 Å². The van der Waals surface area contributed by atoms with Crippen LogP contribution in [0.2, 0.25) is 9.36 Å². The zero-order valence-electron chi connectivity index (χ0n) is 11.1. The smallest absolute Gasteiger partial charge is 0.0931 e. The number of hydrogen-bond donors (Lipinski definition) is 1. The van der Waals surface area contributed by atoms with Crippen molar-refractivity contribution in [2.24, 2.45) is 0 Å². The first kappa shape index (κ1) is 14.4. The van der Waals surface area contributed by atoms with Gasteiger partial charge in [-0.3, -0.25) is 0 Å². The molecule has 106 valence electrons. The van der Waals surface area contributed by atoms with Gasteiger partial charge in [-0.05, 0) is 55.0 Å². The molecule has 20 heavy (non-hydrogen) atoms. The average molecular weight is 326 g/mol. The molecule has 0 saturated heterocycles. The van der Waals surface area contributed by atoms with E-state index in [2.05, 4.69) is 23.5 Å². The molecule has 3 rings (SSSR count). The Kier molecular flexibility index (Phi) is 4.67. The van der Waals surface area contributed by atoms with Crippen molar-refractivity contribution in [1.82, 2.24) is 5.32 Å². The van der Waals surface area contributed by atoms with E-state index in [1.807, 2.05) is 18.2 Å². The molecule has 0 unspecified atom stereocenters. The highest BCUT2D eigenvalue weighted by Crippen LogP contribution is 2.37. The standard InChI is InChI=1S/C16H17Cl2NS/c17-13-3-1-2-11(8-13)12-9-14(10-12)19-7-6-15-4-5-16(18)20-15/h1-5,8,12,14,19H,6-7,9-10H2. The zero-order chi connectivity index (χ0) is 13.9. The summed E-state index contributed by atoms with van der Waals surface area (Å²) < 4.78 is 0.879. The van der Waals surface area contributed by atoms with Gasteiger partial charge in [0.05, 0.1) is 4.34 Å². The van der Waals surface area contributed by atoms with Gasteiger partial charge in [0, 0.05) is 22.5 Å². The zero-order valence-corrected chi connectivity index (χ0v) is 13.4. The second kappa shape index (κ2) is 6.48. The van der Waals surface area contributed by atoms with Crippen LogP contribution in [0.15, 0.2) is 36.4 Å². The van der Waals surface area contributed by atoms with Crippen LogP contribution >= 0.6 is 34.5 Å². The Labute approximate surface area is 133 Å². The van der Waals surface area contributed by atoms with E-state index in [-0.39, 0.29) is 0 Å². The summed E-state index contributed by atoms with van der Waals surface area (Å²) in [5.74, 6) is 0.669. The molecule has 0 aliphatic heterocycles. The van der Waals surface area contributed by atoms with E-state index < -0.39 is 0 Å². The second-order valence-corrected chi connectivity index (χ2v) is 7.57. The van der Waals surface area contributed by atoms with E-state index in [4.69, 9.17) is 23.2 Å². The first-order valence-corrected chi connectivity index (χ1v) is 8.51. The molecule has 1 nitrogen and oxygen atoms in total. The van der Waals surface area contributed by atoms with Gasteiger partial charge >= 0.3 is 0 Å². The molecule has 1 saturated carbocycles. The number of rotatable bonds is 5. The summed E-state index contributed by atoms with van der Waals surface area (Å²) >= 11 is 13.6. The number of hydrogen-bond acceptors (Lipinski definition) is 2. The van der Waals surface area contributed by atoms with Gasteiger partial charge in [-0.1, -0.05) is 35.3 Å². The van der Waals surface area contributed by atoms with Gasteiger partial charge < -0.3 is 5.32 Å². The van der Waals surface area contributed by atoms with Crippen molar-refractivity contribution in [3.8, 4) is 0 Å². The van der Waals surface area contributed by atoms with Gasteiger partial charge in [0.15, 0.2) is 0 Å². The third-order valence-electron chi connectivity index (χ3n) is 3.89. The average Bonchev–Trinajstić information content (AvgIpc) is 2.78. The maximum absolute atomic E-state index is 6.03. The van der Waals surface area contributed by atoms with Gasteiger partial charge in [0.25, 0.3) is 0 Å². The Morgan fingerprint density at radius 1 is 1.15 bits per heavy atom. The minimum absolute atomic E-state index is 0.648. The van der Waals surface area contributed by atoms with Crippen LogP contribution in [0.25, 0.3) is 0 Å². The molecule has 0 spiro atoms. The molecule has 1 aliphatic rings. The van der Waals surface area contributed by atoms with Crippen LogP contribution in [0.3, 0.4) is 0 Å². The van der Waals surface area contributed by atoms with Gasteiger partial charge in [-0.2, -0.15) is 0 Å². The normalized spacial score (nSPS) is 21.7. The van der Waals surface area contributed by atoms with Crippen LogP contribution in [0, 0.1) is 0 Å². The molecule has 1 aromatic heterocycles. The van der Waals surface area contributed by atoms with Crippen LogP contribution in [-0.4, -0.2) is 12.6 Å². The molecule has 0 amide bonds. The Morgan fingerprint density at radius 2 is 2.00 bits per heavy atom. The third-order valence-corrected chi connectivity index (χ3v) is 5.42. The lowest BCUT2D eigenvalue weighted by Crippen LogP contribution is -2.40. The highest BCUT2D eigenvalue weighted by atomic mass is 35.5. The Hall–Kier alpha value is -0.540. The van der Waals surface area contributed by atoms with Gasteiger partial charge in [-0.25, -0.2) is 0 Å². The molecule has 0 bridgehead atoms. The lowest BCUT2D eigenvalue weighted by Gasteiger charge is -2.36. The minimum Gasteiger partial charge on any atom is -0.314 e. The van der Waals surface area contributed by atoms with E-state index in [0.717, 1.165) is 22.3 Å². The summed E-state index contributed by atoms with van der Waals surface area (Å²) in [6, 6.07) is 13.0. The summed E-state index contributed by atoms with van der Waals surface area (Å²) in [4.78, 5) is 1.35. The van der Waals surface area contributed by atoms with E-state index in [1.54, 1.807) is 11.3 Å². The van der Waals surface area contributed by atoms with Crippen LogP contribution in [0.5, 0.6) is 0 Å². The molecule has 2 aromatic rings. The molecular formula is C16H17Cl2NS. The lowest BCUT2D eigenvalue weighted by molar-refractivity contribution is 0.293. The first-order valence-electron chi connectivity index (χ1n) is 6.94. The summed E-state index contributed by atoms with van der Waals surface area (Å²) in [5, 5.41) is 4.46. The third kappa shape index (κ3) is 3.56. The summed E-state index contributed by atoms with van der Waals surface area (Å²) in [6.45, 7) is 1.03. The number of nitrogens with one attached hydrogen (secondary N) is 1. The van der Waals surface area contributed by atoms with E-state index in [0.29, 0.717) is 12.0 Å². The van der Waals surface area contributed by atoms with Gasteiger partial charge in [0.2, 0.25) is 0 Å². The van der Waals surface area contributed by atoms with E-state index in [9.17, 15) is 0 Å². The van der Waals surface area contributed by atoms with Crippen LogP contribution < -0.4 is 5.32 Å². The number of thiophene rings is 1. The summed E-state index contributed by atoms with van der Waals surface area (Å²) in [5.41, 5.74) is 1.38. The Morgan fingerprint density at radius 3 is 2.70 bits per heavy atom. The fourth-order valence-electron chi connectivity index (χ4n) is 2.70. The van der Waals surface area contributed by atoms with Crippen molar-refractivity contribution in [2.75, 3.05) is 6.54 Å². The molecule has 1 aromatic carbocycles. The summed E-state index contributed by atoms with van der Waals surface area (Å²) in [6.07, 6.45) is 3.49. The highest BCUT2D eigenvalue weighted by molar-refractivity contribution is 7.16. The molecule has 4 heteroatoms. The molecule has 0 radical (unpaired) electrons. The lowest BCUT2D eigenvalue weighted by atomic mass is 9.76. The second-order valence-electron chi connectivity index (χ2n) is 5.33. The van der Waals surface area contributed by atoms with Crippen LogP contribution in [0.1, 0.15) is 29.2 Å². The van der Waals surface area contributed by atoms with Crippen molar-refractivity contribution >= 4 is 34.5 Å². The Bertz CT molecular complexity index is 575. The molecule has 1 aliphatic carbocycles. The van der Waals surface area contributed by atoms with Crippen molar-refractivity contribution < 1.29 is 0 Å². The minimum atomic E-state index is 0.648. The molecule has 1 fully saturated rings. The predicted octanol–water partition coefficient (Wildman–Crippen LogP) is 5.13. The van der Waals surface area contributed by atoms with E-state index >= 15 is 0 Å². The molecule has 1 heterocycles. The van der Waals surface area contributed by atoms with Crippen LogP contribution in [-0.2, 0) is 6.42 Å². The first-order chi connectivity index (χ1) is 9.70. The maximum atomic E-state index is 6.03. The van der Waals surface area contributed by atoms with Crippen molar-refractivity contribution in [3.63, 3.8) is 0 Å². The highest BCUT2D eigenvalue weighted by Gasteiger charge is 2.29. The summed E-state index contributed by atoms with van der Waals surface area (Å²) in [7, 11) is 0. The van der Waals surface area contributed by atoms with Crippen molar-refractivity contribution in [3.05, 3.63) is 56.2 Å². The van der Waals surface area contributed by atoms with E-state index in [1.165, 1.54) is 23.3 Å². The Balaban J connectivity index is 1.40. The van der Waals surface area contributed by atoms with Gasteiger partial charge in [0.1, 0.15) is 0 Å². The number of benzene rings is 1. The fourth-order valence-corrected chi connectivity index (χ4v) is 3.99. The molecule has 0 atom stereocenters. The molecular weight excluding hydrogens is 309 g/mol. The SMILES string of the molecule is Clc1cccc(C2CC(NCCc3ccc(Cl)s3)C2)c1. The predicted molar refractivity (Wildman–Crippen MR) is 88.3 cm³/mol. The quantitative estimate of drug-likeness (QED) is 0.803. The van der Waals surface area contributed by atoms with Gasteiger partial charge in [-0.15, -0.1) is 11.3 Å². The van der Waals surface area contributed by atoms with Crippen molar-refractivity contribution in [1.29, 1.82) is 0 Å². The fraction of sp³-hybridized carbons (Fsp3) is 0.375.